The molecule has 3 aromatic heterocycles. The van der Waals surface area contributed by atoms with Gasteiger partial charge in [-0.15, -0.1) is 0 Å². The van der Waals surface area contributed by atoms with Crippen LogP contribution in [0.2, 0.25) is 0 Å². The summed E-state index contributed by atoms with van der Waals surface area (Å²) in [5.74, 6) is 1.14. The first-order valence-corrected chi connectivity index (χ1v) is 11.2. The summed E-state index contributed by atoms with van der Waals surface area (Å²) < 4.78 is 13.7. The maximum Gasteiger partial charge on any atom is 0.278 e. The molecule has 0 bridgehead atoms. The van der Waals surface area contributed by atoms with E-state index in [9.17, 15) is 9.59 Å². The second-order valence-electron chi connectivity index (χ2n) is 8.19. The lowest BCUT2D eigenvalue weighted by atomic mass is 10.1. The molecular formula is C25H24N6O4. The van der Waals surface area contributed by atoms with Crippen molar-refractivity contribution in [2.24, 2.45) is 0 Å². The lowest BCUT2D eigenvalue weighted by molar-refractivity contribution is -0.116. The number of aromatic nitrogens is 5. The number of ether oxygens (including phenoxy) is 1. The van der Waals surface area contributed by atoms with Gasteiger partial charge >= 0.3 is 0 Å². The number of para-hydroxylation sites is 2. The van der Waals surface area contributed by atoms with E-state index in [1.165, 1.54) is 10.9 Å². The molecule has 2 aromatic carbocycles. The van der Waals surface area contributed by atoms with Gasteiger partial charge in [-0.2, -0.15) is 4.98 Å². The van der Waals surface area contributed by atoms with Crippen molar-refractivity contribution in [1.29, 1.82) is 0 Å². The van der Waals surface area contributed by atoms with Crippen LogP contribution in [0.3, 0.4) is 0 Å². The average molecular weight is 473 g/mol. The van der Waals surface area contributed by atoms with Crippen LogP contribution in [0.4, 0.5) is 5.69 Å². The lowest BCUT2D eigenvalue weighted by Crippen LogP contribution is -2.25. The van der Waals surface area contributed by atoms with Crippen molar-refractivity contribution in [2.45, 2.75) is 33.4 Å². The van der Waals surface area contributed by atoms with Crippen molar-refractivity contribution in [1.82, 2.24) is 24.3 Å². The molecule has 0 aliphatic carbocycles. The summed E-state index contributed by atoms with van der Waals surface area (Å²) in [7, 11) is 1.54. The molecule has 3 heterocycles. The zero-order valence-electron chi connectivity index (χ0n) is 19.6. The highest BCUT2D eigenvalue weighted by Gasteiger charge is 2.20. The van der Waals surface area contributed by atoms with E-state index in [2.05, 4.69) is 20.4 Å². The van der Waals surface area contributed by atoms with Crippen molar-refractivity contribution < 1.29 is 14.1 Å². The Hall–Kier alpha value is -4.47. The number of benzene rings is 2. The van der Waals surface area contributed by atoms with Crippen molar-refractivity contribution in [2.75, 3.05) is 12.4 Å². The Balaban J connectivity index is 1.59. The molecule has 0 unspecified atom stereocenters. The Labute approximate surface area is 200 Å². The molecule has 0 saturated heterocycles. The summed E-state index contributed by atoms with van der Waals surface area (Å²) in [5.41, 5.74) is 2.89. The SMILES string of the molecule is CCc1noc(Cn2cnc3c4cc(C)ccc4n(CC(=O)Nc4ccccc4OC)c3c2=O)n1. The van der Waals surface area contributed by atoms with Gasteiger partial charge in [-0.05, 0) is 31.2 Å². The minimum absolute atomic E-state index is 0.0808. The number of methoxy groups -OCH3 is 1. The predicted molar refractivity (Wildman–Crippen MR) is 131 cm³/mol. The number of hydrogen-bond donors (Lipinski definition) is 1. The molecule has 10 nitrogen and oxygen atoms in total. The molecule has 0 aliphatic rings. The molecule has 0 radical (unpaired) electrons. The maximum absolute atomic E-state index is 13.6. The van der Waals surface area contributed by atoms with Crippen molar-refractivity contribution >= 4 is 33.5 Å². The van der Waals surface area contributed by atoms with Crippen LogP contribution in [0.5, 0.6) is 5.75 Å². The minimum Gasteiger partial charge on any atom is -0.495 e. The molecular weight excluding hydrogens is 448 g/mol. The summed E-state index contributed by atoms with van der Waals surface area (Å²) in [6, 6.07) is 13.0. The topological polar surface area (TPSA) is 117 Å². The Morgan fingerprint density at radius 2 is 2.03 bits per heavy atom. The largest absolute Gasteiger partial charge is 0.495 e. The van der Waals surface area contributed by atoms with Crippen LogP contribution in [0, 0.1) is 6.92 Å². The van der Waals surface area contributed by atoms with Gasteiger partial charge in [0.25, 0.3) is 5.56 Å². The van der Waals surface area contributed by atoms with E-state index in [1.807, 2.05) is 44.2 Å². The van der Waals surface area contributed by atoms with Crippen LogP contribution < -0.4 is 15.6 Å². The summed E-state index contributed by atoms with van der Waals surface area (Å²) in [6.45, 7) is 3.90. The zero-order valence-corrected chi connectivity index (χ0v) is 19.6. The molecule has 1 amide bonds. The normalized spacial score (nSPS) is 11.3. The Bertz CT molecular complexity index is 1610. The quantitative estimate of drug-likeness (QED) is 0.386. The first-order chi connectivity index (χ1) is 17.0. The molecule has 10 heteroatoms. The Morgan fingerprint density at radius 3 is 2.80 bits per heavy atom. The summed E-state index contributed by atoms with van der Waals surface area (Å²) >= 11 is 0. The van der Waals surface area contributed by atoms with E-state index >= 15 is 0 Å². The number of anilines is 1. The predicted octanol–water partition coefficient (Wildman–Crippen LogP) is 3.30. The fourth-order valence-electron chi connectivity index (χ4n) is 4.12. The molecule has 178 valence electrons. The highest BCUT2D eigenvalue weighted by molar-refractivity contribution is 6.06. The standard InChI is InChI=1S/C25H24N6O4/c1-4-20-28-22(35-29-20)13-30-14-26-23-16-11-15(2)9-10-18(16)31(24(23)25(30)33)12-21(32)27-17-7-5-6-8-19(17)34-3/h5-11,14H,4,12-13H2,1-3H3,(H,27,32). The van der Waals surface area contributed by atoms with Crippen molar-refractivity contribution in [3.05, 3.63) is 76.4 Å². The van der Waals surface area contributed by atoms with Crippen molar-refractivity contribution in [3.8, 4) is 5.75 Å². The van der Waals surface area contributed by atoms with Crippen LogP contribution in [0.25, 0.3) is 21.9 Å². The smallest absolute Gasteiger partial charge is 0.278 e. The fourth-order valence-corrected chi connectivity index (χ4v) is 4.12. The van der Waals surface area contributed by atoms with Gasteiger partial charge in [0.05, 0.1) is 24.6 Å². The minimum atomic E-state index is -0.301. The van der Waals surface area contributed by atoms with E-state index in [-0.39, 0.29) is 24.6 Å². The molecule has 5 aromatic rings. The summed E-state index contributed by atoms with van der Waals surface area (Å²) in [4.78, 5) is 35.5. The highest BCUT2D eigenvalue weighted by Crippen LogP contribution is 2.27. The van der Waals surface area contributed by atoms with Crippen LogP contribution in [0.1, 0.15) is 24.2 Å². The molecule has 0 spiro atoms. The fraction of sp³-hybridized carbons (Fsp3) is 0.240. The van der Waals surface area contributed by atoms with E-state index in [4.69, 9.17) is 9.26 Å². The van der Waals surface area contributed by atoms with Gasteiger partial charge in [0.1, 0.15) is 29.9 Å². The van der Waals surface area contributed by atoms with Gasteiger partial charge in [0.15, 0.2) is 5.82 Å². The molecule has 0 aliphatic heterocycles. The maximum atomic E-state index is 13.6. The number of carbonyl (C=O) groups is 1. The summed E-state index contributed by atoms with van der Waals surface area (Å²) in [5, 5.41) is 7.57. The van der Waals surface area contributed by atoms with Crippen LogP contribution in [0.15, 0.2) is 58.1 Å². The number of amides is 1. The third-order valence-corrected chi connectivity index (χ3v) is 5.80. The molecule has 5 rings (SSSR count). The number of hydrogen-bond acceptors (Lipinski definition) is 7. The molecule has 35 heavy (non-hydrogen) atoms. The van der Waals surface area contributed by atoms with Crippen molar-refractivity contribution in [3.63, 3.8) is 0 Å². The second kappa shape index (κ2) is 9.05. The van der Waals surface area contributed by atoms with E-state index < -0.39 is 0 Å². The number of carbonyl (C=O) groups excluding carboxylic acids is 1. The van der Waals surface area contributed by atoms with E-state index in [0.717, 1.165) is 16.5 Å². The molecule has 1 N–H and O–H groups in total. The lowest BCUT2D eigenvalue weighted by Gasteiger charge is -2.11. The number of aryl methyl sites for hydroxylation is 2. The first-order valence-electron chi connectivity index (χ1n) is 11.2. The van der Waals surface area contributed by atoms with Gasteiger partial charge < -0.3 is 19.1 Å². The van der Waals surface area contributed by atoms with E-state index in [1.54, 1.807) is 23.8 Å². The molecule has 0 atom stereocenters. The highest BCUT2D eigenvalue weighted by atomic mass is 16.5. The van der Waals surface area contributed by atoms with E-state index in [0.29, 0.717) is 40.6 Å². The number of nitrogens with one attached hydrogen (secondary N) is 1. The second-order valence-corrected chi connectivity index (χ2v) is 8.19. The first kappa shape index (κ1) is 22.3. The van der Waals surface area contributed by atoms with Gasteiger partial charge in [0, 0.05) is 11.8 Å². The Kier molecular flexibility index (Phi) is 5.77. The zero-order chi connectivity index (χ0) is 24.5. The Morgan fingerprint density at radius 1 is 1.20 bits per heavy atom. The monoisotopic (exact) mass is 472 g/mol. The number of fused-ring (bicyclic) bond motifs is 3. The van der Waals surface area contributed by atoms with Gasteiger partial charge in [-0.3, -0.25) is 14.2 Å². The third-order valence-electron chi connectivity index (χ3n) is 5.80. The van der Waals surface area contributed by atoms with Crippen LogP contribution in [-0.4, -0.2) is 37.3 Å². The molecule has 0 fully saturated rings. The number of nitrogens with zero attached hydrogens (tertiary/aromatic N) is 5. The van der Waals surface area contributed by atoms with Gasteiger partial charge in [-0.25, -0.2) is 4.98 Å². The van der Waals surface area contributed by atoms with Gasteiger partial charge in [0.2, 0.25) is 11.8 Å². The van der Waals surface area contributed by atoms with Gasteiger partial charge in [-0.1, -0.05) is 35.8 Å². The van der Waals surface area contributed by atoms with Crippen LogP contribution in [-0.2, 0) is 24.3 Å². The number of rotatable bonds is 7. The average Bonchev–Trinajstić information content (AvgIpc) is 3.43. The molecule has 0 saturated carbocycles. The summed E-state index contributed by atoms with van der Waals surface area (Å²) in [6.07, 6.45) is 2.10. The third kappa shape index (κ3) is 4.14. The van der Waals surface area contributed by atoms with Crippen LogP contribution >= 0.6 is 0 Å².